The Morgan fingerprint density at radius 1 is 1.10 bits per heavy atom. The molecule has 0 fully saturated rings. The SMILES string of the molecule is CCNC(=NCCCN(C(C)C)C(C)C)NCCc1nnc2n1CCCCC2.I. The van der Waals surface area contributed by atoms with Crippen LogP contribution in [-0.2, 0) is 19.4 Å². The second-order valence-electron chi connectivity index (χ2n) is 8.21. The molecule has 0 bridgehead atoms. The van der Waals surface area contributed by atoms with E-state index in [0.717, 1.165) is 69.6 Å². The van der Waals surface area contributed by atoms with E-state index in [2.05, 4.69) is 64.9 Å². The summed E-state index contributed by atoms with van der Waals surface area (Å²) in [5.41, 5.74) is 0. The van der Waals surface area contributed by atoms with Crippen LogP contribution in [0.4, 0.5) is 0 Å². The first-order valence-electron chi connectivity index (χ1n) is 11.2. The second kappa shape index (κ2) is 14.2. The van der Waals surface area contributed by atoms with Crippen LogP contribution in [0.5, 0.6) is 0 Å². The van der Waals surface area contributed by atoms with Crippen molar-refractivity contribution < 1.29 is 0 Å². The van der Waals surface area contributed by atoms with E-state index >= 15 is 0 Å². The fraction of sp³-hybridized carbons (Fsp3) is 0.857. The van der Waals surface area contributed by atoms with Gasteiger partial charge in [-0.1, -0.05) is 6.42 Å². The van der Waals surface area contributed by atoms with Crippen LogP contribution in [0.2, 0.25) is 0 Å². The summed E-state index contributed by atoms with van der Waals surface area (Å²) in [5, 5.41) is 15.6. The van der Waals surface area contributed by atoms with Crippen molar-refractivity contribution in [2.45, 2.75) is 91.8 Å². The molecule has 168 valence electrons. The van der Waals surface area contributed by atoms with Crippen molar-refractivity contribution in [1.29, 1.82) is 0 Å². The highest BCUT2D eigenvalue weighted by atomic mass is 127. The molecule has 0 saturated carbocycles. The number of nitrogens with zero attached hydrogens (tertiary/aromatic N) is 5. The third-order valence-corrected chi connectivity index (χ3v) is 5.34. The summed E-state index contributed by atoms with van der Waals surface area (Å²) in [5.74, 6) is 3.16. The fourth-order valence-corrected chi connectivity index (χ4v) is 3.92. The number of hydrogen-bond donors (Lipinski definition) is 2. The van der Waals surface area contributed by atoms with Crippen LogP contribution in [0.1, 0.15) is 72.0 Å². The zero-order valence-corrected chi connectivity index (χ0v) is 21.4. The van der Waals surface area contributed by atoms with E-state index < -0.39 is 0 Å². The first kappa shape index (κ1) is 26.1. The lowest BCUT2D eigenvalue weighted by Gasteiger charge is -2.30. The van der Waals surface area contributed by atoms with Gasteiger partial charge in [0.15, 0.2) is 5.96 Å². The molecular formula is C21H42IN7. The Balaban J connectivity index is 0.00000420. The molecule has 0 amide bonds. The second-order valence-corrected chi connectivity index (χ2v) is 8.21. The Morgan fingerprint density at radius 2 is 1.86 bits per heavy atom. The van der Waals surface area contributed by atoms with Crippen molar-refractivity contribution in [3.8, 4) is 0 Å². The first-order chi connectivity index (χ1) is 13.5. The summed E-state index contributed by atoms with van der Waals surface area (Å²) in [6.07, 6.45) is 6.78. The molecule has 1 aromatic rings. The molecule has 1 aromatic heterocycles. The van der Waals surface area contributed by atoms with Gasteiger partial charge < -0.3 is 15.2 Å². The number of guanidine groups is 1. The number of hydrogen-bond acceptors (Lipinski definition) is 4. The van der Waals surface area contributed by atoms with E-state index in [-0.39, 0.29) is 24.0 Å². The summed E-state index contributed by atoms with van der Waals surface area (Å²) in [6, 6.07) is 1.15. The Labute approximate surface area is 194 Å². The van der Waals surface area contributed by atoms with Gasteiger partial charge >= 0.3 is 0 Å². The molecule has 0 aliphatic carbocycles. The summed E-state index contributed by atoms with van der Waals surface area (Å²) in [7, 11) is 0. The number of halogens is 1. The lowest BCUT2D eigenvalue weighted by atomic mass is 10.2. The van der Waals surface area contributed by atoms with Gasteiger partial charge in [0.25, 0.3) is 0 Å². The highest BCUT2D eigenvalue weighted by Crippen LogP contribution is 2.14. The van der Waals surface area contributed by atoms with Crippen molar-refractivity contribution >= 4 is 29.9 Å². The van der Waals surface area contributed by atoms with Crippen LogP contribution < -0.4 is 10.6 Å². The maximum Gasteiger partial charge on any atom is 0.191 e. The maximum atomic E-state index is 4.75. The Hall–Kier alpha value is -0.900. The average molecular weight is 520 g/mol. The van der Waals surface area contributed by atoms with Gasteiger partial charge in [0, 0.05) is 57.6 Å². The van der Waals surface area contributed by atoms with Gasteiger partial charge in [-0.25, -0.2) is 0 Å². The number of nitrogens with one attached hydrogen (secondary N) is 2. The van der Waals surface area contributed by atoms with Crippen LogP contribution in [0.15, 0.2) is 4.99 Å². The first-order valence-corrected chi connectivity index (χ1v) is 11.2. The number of aromatic nitrogens is 3. The van der Waals surface area contributed by atoms with Gasteiger partial charge in [0.1, 0.15) is 11.6 Å². The Bertz CT molecular complexity index is 590. The van der Waals surface area contributed by atoms with Gasteiger partial charge in [-0.15, -0.1) is 34.2 Å². The molecule has 2 rings (SSSR count). The molecule has 1 aliphatic rings. The van der Waals surface area contributed by atoms with Gasteiger partial charge in [0.2, 0.25) is 0 Å². The van der Waals surface area contributed by atoms with Crippen LogP contribution in [0.3, 0.4) is 0 Å². The number of aliphatic imine (C=N–C) groups is 1. The number of rotatable bonds is 10. The molecule has 0 aromatic carbocycles. The monoisotopic (exact) mass is 519 g/mol. The third kappa shape index (κ3) is 8.78. The van der Waals surface area contributed by atoms with Crippen LogP contribution in [0, 0.1) is 0 Å². The third-order valence-electron chi connectivity index (χ3n) is 5.34. The zero-order chi connectivity index (χ0) is 20.4. The molecule has 2 N–H and O–H groups in total. The van der Waals surface area contributed by atoms with Crippen molar-refractivity contribution in [3.63, 3.8) is 0 Å². The normalized spacial score (nSPS) is 14.7. The zero-order valence-electron chi connectivity index (χ0n) is 19.1. The summed E-state index contributed by atoms with van der Waals surface area (Å²) < 4.78 is 2.32. The van der Waals surface area contributed by atoms with Crippen molar-refractivity contribution in [2.75, 3.05) is 26.2 Å². The molecule has 0 radical (unpaired) electrons. The van der Waals surface area contributed by atoms with E-state index in [1.54, 1.807) is 0 Å². The minimum absolute atomic E-state index is 0. The molecule has 0 saturated heterocycles. The van der Waals surface area contributed by atoms with E-state index in [1.165, 1.54) is 19.3 Å². The average Bonchev–Trinajstić information content (AvgIpc) is 2.87. The molecule has 1 aliphatic heterocycles. The quantitative estimate of drug-likeness (QED) is 0.215. The van der Waals surface area contributed by atoms with Gasteiger partial charge in [-0.05, 0) is 53.9 Å². The van der Waals surface area contributed by atoms with Gasteiger partial charge in [-0.3, -0.25) is 9.89 Å². The highest BCUT2D eigenvalue weighted by molar-refractivity contribution is 14.0. The molecule has 29 heavy (non-hydrogen) atoms. The molecule has 2 heterocycles. The lowest BCUT2D eigenvalue weighted by molar-refractivity contribution is 0.174. The van der Waals surface area contributed by atoms with Gasteiger partial charge in [-0.2, -0.15) is 0 Å². The predicted octanol–water partition coefficient (Wildman–Crippen LogP) is 3.23. The van der Waals surface area contributed by atoms with E-state index in [4.69, 9.17) is 4.99 Å². The van der Waals surface area contributed by atoms with E-state index in [9.17, 15) is 0 Å². The van der Waals surface area contributed by atoms with E-state index in [0.29, 0.717) is 12.1 Å². The van der Waals surface area contributed by atoms with E-state index in [1.807, 2.05) is 0 Å². The molecule has 7 nitrogen and oxygen atoms in total. The van der Waals surface area contributed by atoms with Crippen LogP contribution in [-0.4, -0.2) is 63.9 Å². The summed E-state index contributed by atoms with van der Waals surface area (Å²) in [6.45, 7) is 15.9. The highest BCUT2D eigenvalue weighted by Gasteiger charge is 2.14. The van der Waals surface area contributed by atoms with Crippen LogP contribution in [0.25, 0.3) is 0 Å². The fourth-order valence-electron chi connectivity index (χ4n) is 3.92. The maximum absolute atomic E-state index is 4.75. The minimum Gasteiger partial charge on any atom is -0.357 e. The predicted molar refractivity (Wildman–Crippen MR) is 132 cm³/mol. The van der Waals surface area contributed by atoms with Crippen molar-refractivity contribution in [3.05, 3.63) is 11.6 Å². The minimum atomic E-state index is 0. The van der Waals surface area contributed by atoms with Crippen molar-refractivity contribution in [1.82, 2.24) is 30.3 Å². The summed E-state index contributed by atoms with van der Waals surface area (Å²) in [4.78, 5) is 7.27. The largest absolute Gasteiger partial charge is 0.357 e. The molecular weight excluding hydrogens is 477 g/mol. The number of fused-ring (bicyclic) bond motifs is 1. The Morgan fingerprint density at radius 3 is 2.55 bits per heavy atom. The topological polar surface area (TPSA) is 70.4 Å². The Kier molecular flexibility index (Phi) is 12.8. The molecule has 0 unspecified atom stereocenters. The van der Waals surface area contributed by atoms with Gasteiger partial charge in [0.05, 0.1) is 0 Å². The molecule has 0 spiro atoms. The smallest absolute Gasteiger partial charge is 0.191 e. The molecule has 8 heteroatoms. The lowest BCUT2D eigenvalue weighted by Crippen LogP contribution is -2.39. The summed E-state index contributed by atoms with van der Waals surface area (Å²) >= 11 is 0. The van der Waals surface area contributed by atoms with Crippen LogP contribution >= 0.6 is 24.0 Å². The standard InChI is InChI=1S/C21H41N7.HI/c1-6-22-21(23-13-10-16-27(17(2)3)18(4)5)24-14-12-20-26-25-19-11-8-7-9-15-28(19)20;/h17-18H,6-16H2,1-5H3,(H2,22,23,24);1H. The molecule has 0 atom stereocenters. The number of aryl methyl sites for hydroxylation is 1. The van der Waals surface area contributed by atoms with Crippen molar-refractivity contribution in [2.24, 2.45) is 4.99 Å².